The molecule has 0 saturated carbocycles. The Balaban J connectivity index is 2.21. The van der Waals surface area contributed by atoms with E-state index in [1.54, 1.807) is 12.1 Å². The molecule has 0 unspecified atom stereocenters. The van der Waals surface area contributed by atoms with Crippen molar-refractivity contribution in [3.05, 3.63) is 29.0 Å². The van der Waals surface area contributed by atoms with E-state index in [0.29, 0.717) is 17.3 Å². The average molecular weight is 257 g/mol. The van der Waals surface area contributed by atoms with Gasteiger partial charge in [0.15, 0.2) is 0 Å². The molecule has 1 heterocycles. The normalized spacial score (nSPS) is 10.2. The highest BCUT2D eigenvalue weighted by Gasteiger charge is 2.04. The maximum Gasteiger partial charge on any atom is 0.251 e. The topological polar surface area (TPSA) is 62.2 Å². The molecular weight excluding hydrogens is 240 g/mol. The lowest BCUT2D eigenvalue weighted by atomic mass is 10.2. The summed E-state index contributed by atoms with van der Waals surface area (Å²) in [5.74, 6) is -0.128. The molecule has 0 bridgehead atoms. The van der Waals surface area contributed by atoms with Crippen LogP contribution in [-0.2, 0) is 0 Å². The van der Waals surface area contributed by atoms with Gasteiger partial charge in [0.1, 0.15) is 5.15 Å². The van der Waals surface area contributed by atoms with E-state index in [1.165, 1.54) is 6.20 Å². The van der Waals surface area contributed by atoms with Gasteiger partial charge in [-0.15, -0.1) is 0 Å². The second kappa shape index (κ2) is 8.03. The highest BCUT2D eigenvalue weighted by Crippen LogP contribution is 2.06. The van der Waals surface area contributed by atoms with E-state index in [9.17, 15) is 4.79 Å². The Morgan fingerprint density at radius 3 is 2.82 bits per heavy atom. The highest BCUT2D eigenvalue weighted by molar-refractivity contribution is 6.29. The lowest BCUT2D eigenvalue weighted by molar-refractivity contribution is 0.0952. The smallest absolute Gasteiger partial charge is 0.251 e. The number of nitrogens with zero attached hydrogens (tertiary/aromatic N) is 1. The van der Waals surface area contributed by atoms with Gasteiger partial charge in [0.25, 0.3) is 5.91 Å². The molecule has 0 aliphatic carbocycles. The average Bonchev–Trinajstić information content (AvgIpc) is 2.33. The maximum atomic E-state index is 11.6. The highest BCUT2D eigenvalue weighted by atomic mass is 35.5. The first-order chi connectivity index (χ1) is 8.24. The summed E-state index contributed by atoms with van der Waals surface area (Å²) in [6.45, 7) is 0.881. The lowest BCUT2D eigenvalue weighted by Gasteiger charge is -2.05. The molecule has 4 nitrogen and oxygen atoms in total. The summed E-state index contributed by atoms with van der Waals surface area (Å²) < 4.78 is 0. The number of rotatable bonds is 7. The quantitative estimate of drug-likeness (QED) is 0.580. The molecule has 17 heavy (non-hydrogen) atoms. The fourth-order valence-electron chi connectivity index (χ4n) is 1.44. The van der Waals surface area contributed by atoms with E-state index < -0.39 is 0 Å². The predicted octanol–water partition coefficient (Wildman–Crippen LogP) is 2.02. The molecule has 1 aromatic heterocycles. The number of hydrogen-bond acceptors (Lipinski definition) is 3. The van der Waals surface area contributed by atoms with Gasteiger partial charge >= 0.3 is 0 Å². The molecule has 1 amide bonds. The fraction of sp³-hybridized carbons (Fsp3) is 0.500. The van der Waals surface area contributed by atoms with Gasteiger partial charge < -0.3 is 10.4 Å². The van der Waals surface area contributed by atoms with E-state index in [-0.39, 0.29) is 12.5 Å². The standard InChI is InChI=1S/C12H17ClN2O2/c13-11-9-10(5-7-14-11)12(17)15-6-3-1-2-4-8-16/h5,7,9,16H,1-4,6,8H2,(H,15,17). The van der Waals surface area contributed by atoms with Gasteiger partial charge in [-0.2, -0.15) is 0 Å². The van der Waals surface area contributed by atoms with Crippen LogP contribution in [0.15, 0.2) is 18.3 Å². The van der Waals surface area contributed by atoms with Gasteiger partial charge in [0.2, 0.25) is 0 Å². The van der Waals surface area contributed by atoms with E-state index in [0.717, 1.165) is 25.7 Å². The lowest BCUT2D eigenvalue weighted by Crippen LogP contribution is -2.24. The predicted molar refractivity (Wildman–Crippen MR) is 67.1 cm³/mol. The van der Waals surface area contributed by atoms with E-state index in [4.69, 9.17) is 16.7 Å². The van der Waals surface area contributed by atoms with Crippen molar-refractivity contribution in [1.82, 2.24) is 10.3 Å². The third kappa shape index (κ3) is 5.65. The molecule has 0 spiro atoms. The Morgan fingerprint density at radius 1 is 1.35 bits per heavy atom. The minimum atomic E-state index is -0.128. The molecular formula is C12H17ClN2O2. The maximum absolute atomic E-state index is 11.6. The number of nitrogens with one attached hydrogen (secondary N) is 1. The zero-order valence-electron chi connectivity index (χ0n) is 9.66. The number of pyridine rings is 1. The number of carbonyl (C=O) groups excluding carboxylic acids is 1. The van der Waals surface area contributed by atoms with Crippen molar-refractivity contribution in [2.75, 3.05) is 13.2 Å². The van der Waals surface area contributed by atoms with E-state index >= 15 is 0 Å². The molecule has 0 atom stereocenters. The van der Waals surface area contributed by atoms with Crippen molar-refractivity contribution in [2.24, 2.45) is 0 Å². The van der Waals surface area contributed by atoms with Crippen LogP contribution in [0.1, 0.15) is 36.0 Å². The molecule has 1 aromatic rings. The van der Waals surface area contributed by atoms with Crippen LogP contribution in [0.4, 0.5) is 0 Å². The zero-order chi connectivity index (χ0) is 12.5. The summed E-state index contributed by atoms with van der Waals surface area (Å²) in [7, 11) is 0. The van der Waals surface area contributed by atoms with Crippen LogP contribution in [-0.4, -0.2) is 29.1 Å². The third-order valence-electron chi connectivity index (χ3n) is 2.36. The van der Waals surface area contributed by atoms with Crippen LogP contribution < -0.4 is 5.32 Å². The second-order valence-corrected chi connectivity index (χ2v) is 4.15. The zero-order valence-corrected chi connectivity index (χ0v) is 10.4. The number of aliphatic hydroxyl groups is 1. The Bertz CT molecular complexity index is 358. The Hall–Kier alpha value is -1.13. The number of aromatic nitrogens is 1. The Labute approximate surface area is 106 Å². The van der Waals surface area contributed by atoms with Gasteiger partial charge in [-0.05, 0) is 25.0 Å². The van der Waals surface area contributed by atoms with Crippen molar-refractivity contribution in [1.29, 1.82) is 0 Å². The van der Waals surface area contributed by atoms with Crippen molar-refractivity contribution in [3.8, 4) is 0 Å². The number of carbonyl (C=O) groups is 1. The molecule has 0 saturated heterocycles. The fourth-order valence-corrected chi connectivity index (χ4v) is 1.61. The van der Waals surface area contributed by atoms with Crippen LogP contribution in [0.5, 0.6) is 0 Å². The minimum Gasteiger partial charge on any atom is -0.396 e. The summed E-state index contributed by atoms with van der Waals surface area (Å²) >= 11 is 5.69. The number of amides is 1. The monoisotopic (exact) mass is 256 g/mol. The molecule has 0 aromatic carbocycles. The molecule has 0 fully saturated rings. The molecule has 2 N–H and O–H groups in total. The van der Waals surface area contributed by atoms with Gasteiger partial charge in [-0.3, -0.25) is 4.79 Å². The van der Waals surface area contributed by atoms with Crippen molar-refractivity contribution < 1.29 is 9.90 Å². The van der Waals surface area contributed by atoms with E-state index in [1.807, 2.05) is 0 Å². The number of halogens is 1. The van der Waals surface area contributed by atoms with Gasteiger partial charge in [-0.1, -0.05) is 24.4 Å². The van der Waals surface area contributed by atoms with Crippen LogP contribution in [0.3, 0.4) is 0 Å². The molecule has 5 heteroatoms. The second-order valence-electron chi connectivity index (χ2n) is 3.76. The molecule has 1 rings (SSSR count). The molecule has 0 radical (unpaired) electrons. The van der Waals surface area contributed by atoms with Gasteiger partial charge in [-0.25, -0.2) is 4.98 Å². The first-order valence-corrected chi connectivity index (χ1v) is 6.12. The molecule has 94 valence electrons. The van der Waals surface area contributed by atoms with Crippen molar-refractivity contribution in [2.45, 2.75) is 25.7 Å². The summed E-state index contributed by atoms with van der Waals surface area (Å²) in [5.41, 5.74) is 0.528. The first kappa shape index (κ1) is 13.9. The molecule has 0 aliphatic rings. The molecule has 0 aliphatic heterocycles. The van der Waals surface area contributed by atoms with Gasteiger partial charge in [0, 0.05) is 24.9 Å². The van der Waals surface area contributed by atoms with Gasteiger partial charge in [0.05, 0.1) is 0 Å². The van der Waals surface area contributed by atoms with Crippen LogP contribution >= 0.6 is 11.6 Å². The SMILES string of the molecule is O=C(NCCCCCCO)c1ccnc(Cl)c1. The summed E-state index contributed by atoms with van der Waals surface area (Å²) in [5, 5.41) is 11.7. The van der Waals surface area contributed by atoms with Crippen molar-refractivity contribution in [3.63, 3.8) is 0 Å². The van der Waals surface area contributed by atoms with Crippen LogP contribution in [0.2, 0.25) is 5.15 Å². The van der Waals surface area contributed by atoms with Crippen molar-refractivity contribution >= 4 is 17.5 Å². The Morgan fingerprint density at radius 2 is 2.12 bits per heavy atom. The van der Waals surface area contributed by atoms with Crippen LogP contribution in [0.25, 0.3) is 0 Å². The summed E-state index contributed by atoms with van der Waals surface area (Å²) in [4.78, 5) is 15.5. The summed E-state index contributed by atoms with van der Waals surface area (Å²) in [6, 6.07) is 3.18. The number of aliphatic hydroxyl groups excluding tert-OH is 1. The number of unbranched alkanes of at least 4 members (excludes halogenated alkanes) is 3. The Kier molecular flexibility index (Phi) is 6.58. The summed E-state index contributed by atoms with van der Waals surface area (Å²) in [6.07, 6.45) is 5.27. The third-order valence-corrected chi connectivity index (χ3v) is 2.57. The van der Waals surface area contributed by atoms with Crippen LogP contribution in [0, 0.1) is 0 Å². The number of hydrogen-bond donors (Lipinski definition) is 2. The van der Waals surface area contributed by atoms with E-state index in [2.05, 4.69) is 10.3 Å². The largest absolute Gasteiger partial charge is 0.396 e. The first-order valence-electron chi connectivity index (χ1n) is 5.74. The minimum absolute atomic E-state index is 0.128.